The zero-order chi connectivity index (χ0) is 27.4. The number of fused-ring (bicyclic) bond motifs is 2. The first-order valence-electron chi connectivity index (χ1n) is 13.6. The minimum absolute atomic E-state index is 0.0175. The van der Waals surface area contributed by atoms with Crippen molar-refractivity contribution in [3.63, 3.8) is 0 Å². The Kier molecular flexibility index (Phi) is 8.27. The molecule has 2 atom stereocenters. The van der Waals surface area contributed by atoms with E-state index in [4.69, 9.17) is 18.9 Å². The molecule has 1 N–H and O–H groups in total. The monoisotopic (exact) mass is 530 g/mol. The highest BCUT2D eigenvalue weighted by Crippen LogP contribution is 2.40. The van der Waals surface area contributed by atoms with Crippen LogP contribution in [0.2, 0.25) is 0 Å². The zero-order valence-electron chi connectivity index (χ0n) is 23.3. The number of amides is 1. The molecular weight excluding hydrogens is 492 g/mol. The molecule has 39 heavy (non-hydrogen) atoms. The maximum atomic E-state index is 13.5. The summed E-state index contributed by atoms with van der Waals surface area (Å²) in [6.07, 6.45) is 4.67. The smallest absolute Gasteiger partial charge is 0.234 e. The first kappa shape index (κ1) is 26.9. The predicted molar refractivity (Wildman–Crippen MR) is 151 cm³/mol. The van der Waals surface area contributed by atoms with E-state index in [-0.39, 0.29) is 18.0 Å². The van der Waals surface area contributed by atoms with Gasteiger partial charge in [0.2, 0.25) is 5.91 Å². The van der Waals surface area contributed by atoms with Crippen molar-refractivity contribution in [2.45, 2.75) is 44.2 Å². The fourth-order valence-corrected chi connectivity index (χ4v) is 6.07. The normalized spacial score (nSPS) is 18.5. The van der Waals surface area contributed by atoms with Crippen LogP contribution in [0, 0.1) is 0 Å². The average Bonchev–Trinajstić information content (AvgIpc) is 2.97. The summed E-state index contributed by atoms with van der Waals surface area (Å²) in [5, 5.41) is 3.34. The number of aryl methyl sites for hydroxylation is 1. The standard InChI is InChI=1S/C32H38N2O5/c1-36-28-13-12-21(17-29(28)37-2)16-27-25-19-31(39-4)30(38-3)18-23(25)14-15-34(27)20-32(35)33-26-11-7-9-22-8-5-6-10-24(22)26/h5-6,8,10,12-13,17-19,26-27H,7,9,11,14-16,20H2,1-4H3,(H,33,35)/t26?,27-/m0/s1. The molecule has 0 bridgehead atoms. The number of carbonyl (C=O) groups excluding carboxylic acids is 1. The fourth-order valence-electron chi connectivity index (χ4n) is 6.07. The van der Waals surface area contributed by atoms with Crippen molar-refractivity contribution in [2.24, 2.45) is 0 Å². The van der Waals surface area contributed by atoms with Crippen molar-refractivity contribution in [1.29, 1.82) is 0 Å². The summed E-state index contributed by atoms with van der Waals surface area (Å²) in [4.78, 5) is 15.8. The molecule has 1 aliphatic carbocycles. The molecule has 1 amide bonds. The largest absolute Gasteiger partial charge is 0.493 e. The summed E-state index contributed by atoms with van der Waals surface area (Å²) in [6, 6.07) is 18.7. The van der Waals surface area contributed by atoms with Crippen LogP contribution in [0.4, 0.5) is 0 Å². The summed E-state index contributed by atoms with van der Waals surface area (Å²) in [5.74, 6) is 2.86. The van der Waals surface area contributed by atoms with Gasteiger partial charge in [-0.25, -0.2) is 0 Å². The van der Waals surface area contributed by atoms with E-state index in [1.807, 2.05) is 12.1 Å². The summed E-state index contributed by atoms with van der Waals surface area (Å²) >= 11 is 0. The predicted octanol–water partition coefficient (Wildman–Crippen LogP) is 5.06. The molecule has 1 aliphatic heterocycles. The number of rotatable bonds is 9. The van der Waals surface area contributed by atoms with Crippen molar-refractivity contribution >= 4 is 5.91 Å². The number of hydrogen-bond acceptors (Lipinski definition) is 6. The lowest BCUT2D eigenvalue weighted by atomic mass is 9.87. The second kappa shape index (κ2) is 12.0. The molecular formula is C32H38N2O5. The third-order valence-electron chi connectivity index (χ3n) is 8.04. The average molecular weight is 531 g/mol. The number of benzene rings is 3. The van der Waals surface area contributed by atoms with Gasteiger partial charge in [0.25, 0.3) is 0 Å². The Morgan fingerprint density at radius 2 is 1.54 bits per heavy atom. The first-order valence-corrected chi connectivity index (χ1v) is 13.6. The van der Waals surface area contributed by atoms with Crippen molar-refractivity contribution in [3.05, 3.63) is 82.4 Å². The van der Waals surface area contributed by atoms with Gasteiger partial charge in [-0.3, -0.25) is 9.69 Å². The molecule has 1 heterocycles. The summed E-state index contributed by atoms with van der Waals surface area (Å²) in [5.41, 5.74) is 6.07. The molecule has 5 rings (SSSR count). The Morgan fingerprint density at radius 1 is 0.821 bits per heavy atom. The Labute approximate surface area is 231 Å². The lowest BCUT2D eigenvalue weighted by molar-refractivity contribution is -0.123. The number of methoxy groups -OCH3 is 4. The minimum Gasteiger partial charge on any atom is -0.493 e. The molecule has 2 aliphatic rings. The SMILES string of the molecule is COc1ccc(C[C@H]2c3cc(OC)c(OC)cc3CCN2CC(=O)NC2CCCc3ccccc32)cc1OC. The maximum Gasteiger partial charge on any atom is 0.234 e. The van der Waals surface area contributed by atoms with Crippen LogP contribution in [0.5, 0.6) is 23.0 Å². The summed E-state index contributed by atoms with van der Waals surface area (Å²) < 4.78 is 22.3. The Morgan fingerprint density at radius 3 is 2.31 bits per heavy atom. The molecule has 7 nitrogen and oxygen atoms in total. The molecule has 206 valence electrons. The number of hydrogen-bond donors (Lipinski definition) is 1. The van der Waals surface area contributed by atoms with Crippen molar-refractivity contribution in [1.82, 2.24) is 10.2 Å². The Balaban J connectivity index is 1.42. The Bertz CT molecular complexity index is 1320. The molecule has 0 saturated carbocycles. The molecule has 1 unspecified atom stereocenters. The van der Waals surface area contributed by atoms with Gasteiger partial charge in [0, 0.05) is 12.6 Å². The first-order chi connectivity index (χ1) is 19.0. The molecule has 3 aromatic carbocycles. The highest BCUT2D eigenvalue weighted by atomic mass is 16.5. The lowest BCUT2D eigenvalue weighted by Gasteiger charge is -2.38. The van der Waals surface area contributed by atoms with Gasteiger partial charge in [-0.1, -0.05) is 30.3 Å². The zero-order valence-corrected chi connectivity index (χ0v) is 23.3. The van der Waals surface area contributed by atoms with Gasteiger partial charge in [0.1, 0.15) is 0 Å². The van der Waals surface area contributed by atoms with E-state index in [9.17, 15) is 4.79 Å². The van der Waals surface area contributed by atoms with Gasteiger partial charge in [0.05, 0.1) is 41.0 Å². The molecule has 0 aromatic heterocycles. The van der Waals surface area contributed by atoms with E-state index < -0.39 is 0 Å². The van der Waals surface area contributed by atoms with Gasteiger partial charge in [0.15, 0.2) is 23.0 Å². The van der Waals surface area contributed by atoms with E-state index in [0.29, 0.717) is 30.2 Å². The van der Waals surface area contributed by atoms with E-state index in [1.165, 1.54) is 16.7 Å². The van der Waals surface area contributed by atoms with Gasteiger partial charge in [-0.05, 0) is 84.2 Å². The van der Waals surface area contributed by atoms with Crippen LogP contribution in [0.1, 0.15) is 52.7 Å². The van der Waals surface area contributed by atoms with Crippen molar-refractivity contribution < 1.29 is 23.7 Å². The molecule has 0 fully saturated rings. The van der Waals surface area contributed by atoms with E-state index >= 15 is 0 Å². The maximum absolute atomic E-state index is 13.5. The third-order valence-corrected chi connectivity index (χ3v) is 8.04. The van der Waals surface area contributed by atoms with Gasteiger partial charge in [-0.15, -0.1) is 0 Å². The molecule has 0 saturated heterocycles. The minimum atomic E-state index is -0.0175. The van der Waals surface area contributed by atoms with Crippen LogP contribution < -0.4 is 24.3 Å². The van der Waals surface area contributed by atoms with E-state index in [2.05, 4.69) is 52.7 Å². The third kappa shape index (κ3) is 5.69. The highest BCUT2D eigenvalue weighted by molar-refractivity contribution is 5.79. The van der Waals surface area contributed by atoms with Crippen LogP contribution in [-0.4, -0.2) is 52.3 Å². The number of ether oxygens (including phenoxy) is 4. The number of nitrogens with zero attached hydrogens (tertiary/aromatic N) is 1. The lowest BCUT2D eigenvalue weighted by Crippen LogP contribution is -2.44. The van der Waals surface area contributed by atoms with Crippen LogP contribution in [0.3, 0.4) is 0 Å². The second-order valence-electron chi connectivity index (χ2n) is 10.2. The van der Waals surface area contributed by atoms with Crippen molar-refractivity contribution in [3.8, 4) is 23.0 Å². The van der Waals surface area contributed by atoms with Gasteiger partial charge in [-0.2, -0.15) is 0 Å². The topological polar surface area (TPSA) is 69.3 Å². The van der Waals surface area contributed by atoms with Crippen molar-refractivity contribution in [2.75, 3.05) is 41.5 Å². The van der Waals surface area contributed by atoms with Gasteiger partial charge < -0.3 is 24.3 Å². The van der Waals surface area contributed by atoms with Crippen LogP contribution in [0.15, 0.2) is 54.6 Å². The highest BCUT2D eigenvalue weighted by Gasteiger charge is 2.32. The van der Waals surface area contributed by atoms with Crippen LogP contribution in [0.25, 0.3) is 0 Å². The second-order valence-corrected chi connectivity index (χ2v) is 10.2. The summed E-state index contributed by atoms with van der Waals surface area (Å²) in [7, 11) is 6.60. The van der Waals surface area contributed by atoms with Crippen LogP contribution in [-0.2, 0) is 24.1 Å². The van der Waals surface area contributed by atoms with Gasteiger partial charge >= 0.3 is 0 Å². The molecule has 7 heteroatoms. The molecule has 0 spiro atoms. The fraction of sp³-hybridized carbons (Fsp3) is 0.406. The van der Waals surface area contributed by atoms with E-state index in [1.54, 1.807) is 28.4 Å². The quantitative estimate of drug-likeness (QED) is 0.417. The Hall–Kier alpha value is -3.71. The van der Waals surface area contributed by atoms with Crippen LogP contribution >= 0.6 is 0 Å². The molecule has 3 aromatic rings. The van der Waals surface area contributed by atoms with E-state index in [0.717, 1.165) is 49.1 Å². The number of carbonyl (C=O) groups is 1. The molecule has 0 radical (unpaired) electrons. The summed E-state index contributed by atoms with van der Waals surface area (Å²) in [6.45, 7) is 1.10. The number of nitrogens with one attached hydrogen (secondary N) is 1.